The summed E-state index contributed by atoms with van der Waals surface area (Å²) in [5, 5.41) is 0. The molecule has 18 heavy (non-hydrogen) atoms. The Labute approximate surface area is 111 Å². The van der Waals surface area contributed by atoms with Crippen molar-refractivity contribution in [2.45, 2.75) is 18.8 Å². The SMILES string of the molecule is ClCc1cnc(N2CCc3ccccc3C2)nc1. The number of halogens is 1. The fourth-order valence-electron chi connectivity index (χ4n) is 2.25. The number of anilines is 1. The van der Waals surface area contributed by atoms with Crippen LogP contribution in [-0.2, 0) is 18.8 Å². The molecular weight excluding hydrogens is 246 g/mol. The van der Waals surface area contributed by atoms with Gasteiger partial charge in [-0.15, -0.1) is 11.6 Å². The lowest BCUT2D eigenvalue weighted by Gasteiger charge is -2.28. The summed E-state index contributed by atoms with van der Waals surface area (Å²) in [6.07, 6.45) is 4.66. The molecule has 0 aliphatic carbocycles. The lowest BCUT2D eigenvalue weighted by Crippen LogP contribution is -2.31. The number of nitrogens with zero attached hydrogens (tertiary/aromatic N) is 3. The van der Waals surface area contributed by atoms with Gasteiger partial charge in [0.15, 0.2) is 0 Å². The zero-order valence-corrected chi connectivity index (χ0v) is 10.8. The van der Waals surface area contributed by atoms with Crippen LogP contribution in [0.15, 0.2) is 36.7 Å². The van der Waals surface area contributed by atoms with Crippen LogP contribution in [0.4, 0.5) is 5.95 Å². The van der Waals surface area contributed by atoms with Crippen LogP contribution >= 0.6 is 11.6 Å². The molecule has 1 aliphatic rings. The smallest absolute Gasteiger partial charge is 0.225 e. The highest BCUT2D eigenvalue weighted by atomic mass is 35.5. The highest BCUT2D eigenvalue weighted by molar-refractivity contribution is 6.17. The van der Waals surface area contributed by atoms with Gasteiger partial charge in [-0.3, -0.25) is 0 Å². The molecule has 0 N–H and O–H groups in total. The minimum atomic E-state index is 0.461. The van der Waals surface area contributed by atoms with Crippen molar-refractivity contribution in [2.75, 3.05) is 11.4 Å². The molecule has 2 aromatic rings. The highest BCUT2D eigenvalue weighted by Crippen LogP contribution is 2.21. The molecule has 0 amide bonds. The number of alkyl halides is 1. The van der Waals surface area contributed by atoms with Gasteiger partial charge < -0.3 is 4.90 Å². The summed E-state index contributed by atoms with van der Waals surface area (Å²) < 4.78 is 0. The molecule has 4 heteroatoms. The molecule has 3 rings (SSSR count). The van der Waals surface area contributed by atoms with Gasteiger partial charge in [-0.05, 0) is 17.5 Å². The van der Waals surface area contributed by atoms with Crippen molar-refractivity contribution in [1.82, 2.24) is 9.97 Å². The van der Waals surface area contributed by atoms with Crippen LogP contribution in [0, 0.1) is 0 Å². The van der Waals surface area contributed by atoms with Gasteiger partial charge >= 0.3 is 0 Å². The van der Waals surface area contributed by atoms with Crippen molar-refractivity contribution in [3.05, 3.63) is 53.3 Å². The third-order valence-electron chi connectivity index (χ3n) is 3.26. The van der Waals surface area contributed by atoms with Crippen LogP contribution in [0.3, 0.4) is 0 Å². The summed E-state index contributed by atoms with van der Waals surface area (Å²) >= 11 is 5.74. The first-order valence-corrected chi connectivity index (χ1v) is 6.59. The molecule has 1 aliphatic heterocycles. The molecule has 0 atom stereocenters. The van der Waals surface area contributed by atoms with Crippen molar-refractivity contribution in [3.63, 3.8) is 0 Å². The second-order valence-corrected chi connectivity index (χ2v) is 4.73. The molecule has 0 bridgehead atoms. The van der Waals surface area contributed by atoms with E-state index in [1.165, 1.54) is 11.1 Å². The first-order valence-electron chi connectivity index (χ1n) is 6.05. The van der Waals surface area contributed by atoms with E-state index in [0.717, 1.165) is 31.0 Å². The van der Waals surface area contributed by atoms with Crippen molar-refractivity contribution in [2.24, 2.45) is 0 Å². The molecule has 1 aromatic heterocycles. The first kappa shape index (κ1) is 11.5. The fraction of sp³-hybridized carbons (Fsp3) is 0.286. The molecule has 0 radical (unpaired) electrons. The number of aromatic nitrogens is 2. The number of hydrogen-bond acceptors (Lipinski definition) is 3. The Hall–Kier alpha value is -1.61. The number of fused-ring (bicyclic) bond motifs is 1. The van der Waals surface area contributed by atoms with E-state index in [1.807, 2.05) is 0 Å². The summed E-state index contributed by atoms with van der Waals surface area (Å²) in [7, 11) is 0. The first-order chi connectivity index (χ1) is 8.86. The summed E-state index contributed by atoms with van der Waals surface area (Å²) in [4.78, 5) is 11.0. The Morgan fingerprint density at radius 1 is 1.11 bits per heavy atom. The maximum Gasteiger partial charge on any atom is 0.225 e. The van der Waals surface area contributed by atoms with Crippen LogP contribution in [0.2, 0.25) is 0 Å². The van der Waals surface area contributed by atoms with E-state index in [4.69, 9.17) is 11.6 Å². The zero-order valence-electron chi connectivity index (χ0n) is 10.0. The highest BCUT2D eigenvalue weighted by Gasteiger charge is 2.17. The maximum atomic E-state index is 5.74. The molecule has 92 valence electrons. The number of benzene rings is 1. The zero-order chi connectivity index (χ0) is 12.4. The third-order valence-corrected chi connectivity index (χ3v) is 3.57. The Morgan fingerprint density at radius 3 is 2.56 bits per heavy atom. The number of hydrogen-bond donors (Lipinski definition) is 0. The van der Waals surface area contributed by atoms with Crippen molar-refractivity contribution >= 4 is 17.5 Å². The largest absolute Gasteiger partial charge is 0.336 e. The minimum absolute atomic E-state index is 0.461. The molecule has 0 unspecified atom stereocenters. The van der Waals surface area contributed by atoms with E-state index >= 15 is 0 Å². The fourth-order valence-corrected chi connectivity index (χ4v) is 2.38. The van der Waals surface area contributed by atoms with E-state index in [2.05, 4.69) is 39.1 Å². The van der Waals surface area contributed by atoms with Gasteiger partial charge in [0, 0.05) is 31.0 Å². The molecule has 1 aromatic carbocycles. The van der Waals surface area contributed by atoms with Gasteiger partial charge in [-0.2, -0.15) is 0 Å². The van der Waals surface area contributed by atoms with Crippen molar-refractivity contribution in [1.29, 1.82) is 0 Å². The topological polar surface area (TPSA) is 29.0 Å². The van der Waals surface area contributed by atoms with Crippen LogP contribution < -0.4 is 4.90 Å². The second kappa shape index (κ2) is 4.94. The molecule has 0 spiro atoms. The van der Waals surface area contributed by atoms with Crippen LogP contribution in [0.25, 0.3) is 0 Å². The molecule has 2 heterocycles. The Kier molecular flexibility index (Phi) is 3.15. The second-order valence-electron chi connectivity index (χ2n) is 4.47. The summed E-state index contributed by atoms with van der Waals surface area (Å²) in [6.45, 7) is 1.85. The predicted octanol–water partition coefficient (Wildman–Crippen LogP) is 2.78. The summed E-state index contributed by atoms with van der Waals surface area (Å²) in [5.74, 6) is 1.25. The van der Waals surface area contributed by atoms with Crippen LogP contribution in [-0.4, -0.2) is 16.5 Å². The van der Waals surface area contributed by atoms with Gasteiger partial charge in [0.2, 0.25) is 5.95 Å². The molecule has 0 saturated heterocycles. The van der Waals surface area contributed by atoms with Gasteiger partial charge in [0.1, 0.15) is 0 Å². The van der Waals surface area contributed by atoms with Gasteiger partial charge in [-0.1, -0.05) is 24.3 Å². The van der Waals surface area contributed by atoms with E-state index < -0.39 is 0 Å². The predicted molar refractivity (Wildman–Crippen MR) is 72.8 cm³/mol. The average Bonchev–Trinajstić information content (AvgIpc) is 2.47. The Morgan fingerprint density at radius 2 is 1.83 bits per heavy atom. The van der Waals surface area contributed by atoms with Crippen LogP contribution in [0.5, 0.6) is 0 Å². The lowest BCUT2D eigenvalue weighted by atomic mass is 10.0. The quantitative estimate of drug-likeness (QED) is 0.777. The molecular formula is C14H14ClN3. The van der Waals surface area contributed by atoms with E-state index in [1.54, 1.807) is 12.4 Å². The van der Waals surface area contributed by atoms with E-state index in [0.29, 0.717) is 5.88 Å². The summed E-state index contributed by atoms with van der Waals surface area (Å²) in [5.41, 5.74) is 3.76. The Balaban J connectivity index is 1.82. The molecule has 3 nitrogen and oxygen atoms in total. The molecule has 0 saturated carbocycles. The monoisotopic (exact) mass is 259 g/mol. The normalized spacial score (nSPS) is 14.4. The molecule has 0 fully saturated rings. The van der Waals surface area contributed by atoms with Crippen LogP contribution in [0.1, 0.15) is 16.7 Å². The standard InChI is InChI=1S/C14H14ClN3/c15-7-11-8-16-14(17-9-11)18-6-5-12-3-1-2-4-13(12)10-18/h1-4,8-9H,5-7,10H2. The minimum Gasteiger partial charge on any atom is -0.336 e. The lowest BCUT2D eigenvalue weighted by molar-refractivity contribution is 0.707. The van der Waals surface area contributed by atoms with Crippen molar-refractivity contribution < 1.29 is 0 Å². The third kappa shape index (κ3) is 2.18. The maximum absolute atomic E-state index is 5.74. The van der Waals surface area contributed by atoms with Gasteiger partial charge in [0.25, 0.3) is 0 Å². The number of rotatable bonds is 2. The van der Waals surface area contributed by atoms with E-state index in [9.17, 15) is 0 Å². The Bertz CT molecular complexity index is 539. The average molecular weight is 260 g/mol. The van der Waals surface area contributed by atoms with Gasteiger partial charge in [-0.25, -0.2) is 9.97 Å². The van der Waals surface area contributed by atoms with Crippen molar-refractivity contribution in [3.8, 4) is 0 Å². The summed E-state index contributed by atoms with van der Waals surface area (Å²) in [6, 6.07) is 8.55. The van der Waals surface area contributed by atoms with Gasteiger partial charge in [0.05, 0.1) is 5.88 Å². The van der Waals surface area contributed by atoms with E-state index in [-0.39, 0.29) is 0 Å².